The molecule has 0 saturated heterocycles. The summed E-state index contributed by atoms with van der Waals surface area (Å²) in [5.41, 5.74) is 6.22. The Labute approximate surface area is 142 Å². The van der Waals surface area contributed by atoms with Crippen molar-refractivity contribution < 1.29 is 0 Å². The van der Waals surface area contributed by atoms with Crippen molar-refractivity contribution in [3.8, 4) is 0 Å². The van der Waals surface area contributed by atoms with E-state index in [9.17, 15) is 0 Å². The molecule has 0 aliphatic carbocycles. The molecule has 21 heavy (non-hydrogen) atoms. The molecule has 0 N–H and O–H groups in total. The van der Waals surface area contributed by atoms with Crippen molar-refractivity contribution in [1.82, 2.24) is 0 Å². The van der Waals surface area contributed by atoms with Gasteiger partial charge in [0.15, 0.2) is 0 Å². The van der Waals surface area contributed by atoms with Crippen LogP contribution in [0.25, 0.3) is 0 Å². The predicted molar refractivity (Wildman–Crippen MR) is 99.7 cm³/mol. The molecular weight excluding hydrogens is 312 g/mol. The van der Waals surface area contributed by atoms with Crippen molar-refractivity contribution in [2.24, 2.45) is 0 Å². The maximum absolute atomic E-state index is 2.31. The molecule has 116 valence electrons. The summed E-state index contributed by atoms with van der Waals surface area (Å²) in [6.07, 6.45) is 4.66. The second-order valence-corrected chi connectivity index (χ2v) is 9.10. The Hall–Kier alpha value is -0.250. The molecule has 0 aliphatic heterocycles. The monoisotopic (exact) mass is 338 g/mol. The number of aryl methyl sites for hydroxylation is 2. The van der Waals surface area contributed by atoms with E-state index in [2.05, 4.69) is 41.5 Å². The maximum atomic E-state index is 2.31. The van der Waals surface area contributed by atoms with E-state index in [0.29, 0.717) is 0 Å². The lowest BCUT2D eigenvalue weighted by Gasteiger charge is -2.01. The molecule has 0 spiro atoms. The summed E-state index contributed by atoms with van der Waals surface area (Å²) in [7, 11) is 0. The molecule has 0 bridgehead atoms. The van der Waals surface area contributed by atoms with Crippen LogP contribution in [0.5, 0.6) is 0 Å². The van der Waals surface area contributed by atoms with E-state index in [0.717, 1.165) is 12.8 Å². The second kappa shape index (κ2) is 7.34. The average molecular weight is 339 g/mol. The standard InChI is InChI=1S/C18H26S3/c1-7-13-11(5)17(19-15(13)9-3)21-18-12(6)14(8-2)16(10-4)20-18/h7-10H2,1-6H3. The highest BCUT2D eigenvalue weighted by Gasteiger charge is 2.18. The minimum absolute atomic E-state index is 1.16. The minimum atomic E-state index is 1.16. The molecular formula is C18H26S3. The first kappa shape index (κ1) is 17.1. The number of hydrogen-bond donors (Lipinski definition) is 0. The lowest BCUT2D eigenvalue weighted by molar-refractivity contribution is 1.05. The van der Waals surface area contributed by atoms with Crippen molar-refractivity contribution in [3.05, 3.63) is 32.0 Å². The molecule has 3 heteroatoms. The van der Waals surface area contributed by atoms with Gasteiger partial charge in [-0.25, -0.2) is 0 Å². The first-order valence-corrected chi connectivity index (χ1v) is 10.4. The number of thiophene rings is 2. The van der Waals surface area contributed by atoms with E-state index in [4.69, 9.17) is 0 Å². The molecule has 0 aromatic carbocycles. The largest absolute Gasteiger partial charge is 0.133 e. The van der Waals surface area contributed by atoms with Gasteiger partial charge >= 0.3 is 0 Å². The normalized spacial score (nSPS) is 11.3. The van der Waals surface area contributed by atoms with Crippen LogP contribution in [-0.4, -0.2) is 0 Å². The highest BCUT2D eigenvalue weighted by molar-refractivity contribution is 8.03. The van der Waals surface area contributed by atoms with Gasteiger partial charge in [-0.3, -0.25) is 0 Å². The van der Waals surface area contributed by atoms with Crippen molar-refractivity contribution >= 4 is 34.4 Å². The average Bonchev–Trinajstić information content (AvgIpc) is 2.96. The third kappa shape index (κ3) is 3.25. The lowest BCUT2D eigenvalue weighted by Crippen LogP contribution is -1.86. The van der Waals surface area contributed by atoms with Crippen LogP contribution < -0.4 is 0 Å². The van der Waals surface area contributed by atoms with Crippen LogP contribution in [0.3, 0.4) is 0 Å². The fourth-order valence-electron chi connectivity index (χ4n) is 2.94. The Morgan fingerprint density at radius 3 is 1.29 bits per heavy atom. The highest BCUT2D eigenvalue weighted by atomic mass is 32.2. The Morgan fingerprint density at radius 2 is 1.05 bits per heavy atom. The SMILES string of the molecule is CCc1sc(Sc2sc(CC)c(CC)c2C)c(C)c1CC. The summed E-state index contributed by atoms with van der Waals surface area (Å²) in [4.78, 5) is 3.16. The van der Waals surface area contributed by atoms with Crippen LogP contribution in [0, 0.1) is 13.8 Å². The Bertz CT molecular complexity index is 563. The number of hydrogen-bond acceptors (Lipinski definition) is 3. The zero-order valence-electron chi connectivity index (χ0n) is 14.1. The van der Waals surface area contributed by atoms with Gasteiger partial charge in [0.1, 0.15) is 0 Å². The lowest BCUT2D eigenvalue weighted by atomic mass is 10.1. The van der Waals surface area contributed by atoms with Crippen LogP contribution in [-0.2, 0) is 25.7 Å². The van der Waals surface area contributed by atoms with Crippen LogP contribution in [0.15, 0.2) is 8.42 Å². The third-order valence-electron chi connectivity index (χ3n) is 4.16. The minimum Gasteiger partial charge on any atom is -0.133 e. The van der Waals surface area contributed by atoms with Gasteiger partial charge in [0.05, 0.1) is 8.42 Å². The van der Waals surface area contributed by atoms with Crippen molar-refractivity contribution in [3.63, 3.8) is 0 Å². The summed E-state index contributed by atoms with van der Waals surface area (Å²) >= 11 is 6.04. The molecule has 2 rings (SSSR count). The van der Waals surface area contributed by atoms with Crippen LogP contribution in [0.1, 0.15) is 59.7 Å². The van der Waals surface area contributed by atoms with Gasteiger partial charge in [-0.1, -0.05) is 39.5 Å². The van der Waals surface area contributed by atoms with Crippen molar-refractivity contribution in [2.45, 2.75) is 75.6 Å². The Morgan fingerprint density at radius 1 is 0.667 bits per heavy atom. The molecule has 0 atom stereocenters. The molecule has 2 aromatic heterocycles. The molecule has 0 aliphatic rings. The van der Waals surface area contributed by atoms with E-state index < -0.39 is 0 Å². The quantitative estimate of drug-likeness (QED) is 0.556. The summed E-state index contributed by atoms with van der Waals surface area (Å²) < 4.78 is 3.02. The molecule has 2 heterocycles. The van der Waals surface area contributed by atoms with Gasteiger partial charge in [-0.05, 0) is 61.8 Å². The molecule has 2 aromatic rings. The summed E-state index contributed by atoms with van der Waals surface area (Å²) in [5.74, 6) is 0. The maximum Gasteiger partial charge on any atom is 0.0689 e. The first-order valence-electron chi connectivity index (χ1n) is 7.97. The zero-order chi connectivity index (χ0) is 15.6. The molecule has 0 unspecified atom stereocenters. The smallest absolute Gasteiger partial charge is 0.0689 e. The molecule has 0 saturated carbocycles. The van der Waals surface area contributed by atoms with Crippen molar-refractivity contribution in [2.75, 3.05) is 0 Å². The molecule has 0 nitrogen and oxygen atoms in total. The predicted octanol–water partition coefficient (Wildman–Crippen LogP) is 6.83. The second-order valence-electron chi connectivity index (χ2n) is 5.35. The zero-order valence-corrected chi connectivity index (χ0v) is 16.5. The first-order chi connectivity index (χ1) is 10.1. The molecule has 0 radical (unpaired) electrons. The summed E-state index contributed by atoms with van der Waals surface area (Å²) in [6.45, 7) is 13.7. The van der Waals surface area contributed by atoms with Gasteiger partial charge in [0.2, 0.25) is 0 Å². The topological polar surface area (TPSA) is 0 Å². The van der Waals surface area contributed by atoms with Crippen LogP contribution in [0.2, 0.25) is 0 Å². The molecule has 0 amide bonds. The Balaban J connectivity index is 2.39. The fraction of sp³-hybridized carbons (Fsp3) is 0.556. The van der Waals surface area contributed by atoms with Crippen LogP contribution >= 0.6 is 34.4 Å². The fourth-order valence-corrected chi connectivity index (χ4v) is 7.39. The van der Waals surface area contributed by atoms with Gasteiger partial charge < -0.3 is 0 Å². The van der Waals surface area contributed by atoms with Gasteiger partial charge in [0.25, 0.3) is 0 Å². The number of rotatable bonds is 6. The van der Waals surface area contributed by atoms with E-state index in [-0.39, 0.29) is 0 Å². The van der Waals surface area contributed by atoms with E-state index in [1.165, 1.54) is 32.4 Å². The van der Waals surface area contributed by atoms with Gasteiger partial charge in [-0.2, -0.15) is 0 Å². The van der Waals surface area contributed by atoms with Crippen LogP contribution in [0.4, 0.5) is 0 Å². The summed E-state index contributed by atoms with van der Waals surface area (Å²) in [6, 6.07) is 0. The van der Waals surface area contributed by atoms with Gasteiger partial charge in [0, 0.05) is 9.75 Å². The van der Waals surface area contributed by atoms with Crippen molar-refractivity contribution in [1.29, 1.82) is 0 Å². The summed E-state index contributed by atoms with van der Waals surface area (Å²) in [5, 5.41) is 0. The highest BCUT2D eigenvalue weighted by Crippen LogP contribution is 2.45. The Kier molecular flexibility index (Phi) is 5.98. The van der Waals surface area contributed by atoms with E-state index in [1.807, 2.05) is 34.4 Å². The molecule has 0 fully saturated rings. The van der Waals surface area contributed by atoms with E-state index >= 15 is 0 Å². The van der Waals surface area contributed by atoms with E-state index in [1.54, 1.807) is 20.9 Å². The third-order valence-corrected chi connectivity index (χ3v) is 8.69. The van der Waals surface area contributed by atoms with Gasteiger partial charge in [-0.15, -0.1) is 22.7 Å².